The fourth-order valence-electron chi connectivity index (χ4n) is 19.1. The molecule has 0 amide bonds. The van der Waals surface area contributed by atoms with Crippen molar-refractivity contribution in [3.63, 3.8) is 0 Å². The second kappa shape index (κ2) is 69.7. The summed E-state index contributed by atoms with van der Waals surface area (Å²) in [5.74, 6) is 0. The molecule has 8 fully saturated rings. The number of quaternary nitrogens is 6. The average molecular weight is 1700 g/mol. The summed E-state index contributed by atoms with van der Waals surface area (Å²) in [6.07, 6.45) is 15.7. The van der Waals surface area contributed by atoms with Gasteiger partial charge in [-0.1, -0.05) is 313 Å². The zero-order chi connectivity index (χ0) is 85.4. The van der Waals surface area contributed by atoms with Gasteiger partial charge in [0.15, 0.2) is 0 Å². The van der Waals surface area contributed by atoms with Gasteiger partial charge in [0.05, 0.1) is 115 Å². The van der Waals surface area contributed by atoms with Gasteiger partial charge in [-0.25, -0.2) is 0 Å². The summed E-state index contributed by atoms with van der Waals surface area (Å²) in [5, 5.41) is 97.5. The molecule has 0 aromatic heterocycles. The monoisotopic (exact) mass is 1700 g/mol. The van der Waals surface area contributed by atoms with Gasteiger partial charge >= 0.3 is 151 Å². The molecule has 128 heavy (non-hydrogen) atoms. The maximum Gasteiger partial charge on any atom is 1.00 e. The molecule has 24 heteroatoms. The first-order valence-electron chi connectivity index (χ1n) is 46.5. The van der Waals surface area contributed by atoms with Crippen LogP contribution in [0.25, 0.3) is 0 Å². The minimum Gasteiger partial charge on any atom is -0.847 e. The molecule has 0 radical (unpaired) electrons. The average Bonchev–Trinajstić information content (AvgIpc) is 1.69. The topological polar surface area (TPSA) is 218 Å². The first kappa shape index (κ1) is 124. The van der Waals surface area contributed by atoms with Crippen LogP contribution in [0.5, 0.6) is 0 Å². The molecule has 8 heterocycles. The van der Waals surface area contributed by atoms with Gasteiger partial charge in [-0.05, 0) is 142 Å². The number of benzene rings is 8. The Balaban J connectivity index is 0.000000725. The van der Waals surface area contributed by atoms with Gasteiger partial charge < -0.3 is 80.1 Å². The van der Waals surface area contributed by atoms with Crippen LogP contribution in [0.4, 0.5) is 0 Å². The summed E-state index contributed by atoms with van der Waals surface area (Å²) < 4.78 is 0. The molecule has 16 atom stereocenters. The van der Waals surface area contributed by atoms with E-state index in [-0.39, 0.29) is 199 Å². The van der Waals surface area contributed by atoms with E-state index >= 15 is 0 Å². The van der Waals surface area contributed by atoms with Crippen LogP contribution in [0, 0.1) is 0 Å². The van der Waals surface area contributed by atoms with Gasteiger partial charge in [-0.3, -0.25) is 0 Å². The number of hydrogen-bond donors (Lipinski definition) is 6. The van der Waals surface area contributed by atoms with Crippen LogP contribution in [0.15, 0.2) is 243 Å². The molecule has 0 unspecified atom stereocenters. The first-order chi connectivity index (χ1) is 58.3. The van der Waals surface area contributed by atoms with Crippen molar-refractivity contribution in [1.82, 2.24) is 9.80 Å². The Morgan fingerprint density at radius 3 is 0.398 bits per heavy atom. The Kier molecular flexibility index (Phi) is 67.4. The molecule has 0 saturated carbocycles. The minimum absolute atomic E-state index is 0. The van der Waals surface area contributed by atoms with Crippen molar-refractivity contribution in [2.75, 3.05) is 105 Å². The summed E-state index contributed by atoms with van der Waals surface area (Å²) >= 11 is 0. The van der Waals surface area contributed by atoms with E-state index in [0.29, 0.717) is 0 Å². The van der Waals surface area contributed by atoms with Crippen molar-refractivity contribution in [2.45, 2.75) is 255 Å². The van der Waals surface area contributed by atoms with E-state index in [9.17, 15) is 40.9 Å². The molecule has 16 rings (SSSR count). The van der Waals surface area contributed by atoms with Crippen molar-refractivity contribution in [3.8, 4) is 0 Å². The van der Waals surface area contributed by atoms with Crippen molar-refractivity contribution in [3.05, 3.63) is 287 Å². The molecule has 8 aromatic carbocycles. The molecule has 8 aliphatic heterocycles. The largest absolute Gasteiger partial charge is 1.00 e. The number of hydrogen-bond acceptors (Lipinski definition) is 10. The number of likely N-dealkylation sites (tertiary alicyclic amines) is 8. The zero-order valence-electron chi connectivity index (χ0n) is 82.1. The second-order valence-electron chi connectivity index (χ2n) is 35.5. The van der Waals surface area contributed by atoms with Crippen molar-refractivity contribution >= 4 is 0 Å². The third-order valence-electron chi connectivity index (χ3n) is 27.4. The number of nitrogens with zero attached hydrogens (tertiary/aromatic N) is 2. The Morgan fingerprint density at radius 2 is 0.281 bits per heavy atom. The SMILES string of the molecule is C[C@@H]([C@H]([O-])c1ccccc1)N1CCCC1.C[C@@H]([C@H]([O-])c1ccccc1)N1CCCC1.C[C@@H]([C@H]([O-])c1ccccc1)[NH+]1CCCC1.C[C@@H]([C@H]([O-])c1ccccc1)[NH+]1CCCC1.C[C@@H]([C@H]([O-])c1ccccc1)[NH+]1CCCC1.C[C@@H]([C@H]([O-])c1ccccc1)[NH+]1CCCC1.C[C@@H]([C@H]([O-])c1ccccc1)[NH+]1CCCC1.C[C@@H]([C@H]([O-])c1ccccc1)[NH+]1CCCC1.[Li+].[Li+].[Li+].[Li+].[Li+].[Li+].[Li+].[Li+]. The fourth-order valence-corrected chi connectivity index (χ4v) is 19.1. The second-order valence-corrected chi connectivity index (χ2v) is 35.5. The molecule has 8 saturated heterocycles. The predicted octanol–water partition coefficient (Wildman–Crippen LogP) is -19.9. The molecule has 0 bridgehead atoms. The molecular formula is C104H150Li8N8O8+6. The molecule has 6 N–H and O–H groups in total. The van der Waals surface area contributed by atoms with Crippen LogP contribution in [0.3, 0.4) is 0 Å². The predicted molar refractivity (Wildman–Crippen MR) is 470 cm³/mol. The smallest absolute Gasteiger partial charge is 0.847 e. The van der Waals surface area contributed by atoms with Crippen LogP contribution in [0.1, 0.15) is 251 Å². The van der Waals surface area contributed by atoms with E-state index in [0.717, 1.165) is 70.7 Å². The number of rotatable bonds is 24. The fraction of sp³-hybridized carbons (Fsp3) is 0.538. The van der Waals surface area contributed by atoms with E-state index in [1.807, 2.05) is 243 Å². The Morgan fingerprint density at radius 1 is 0.172 bits per heavy atom. The third kappa shape index (κ3) is 40.9. The standard InChI is InChI=1S/8C13H18NO.8Li/c8*1-11(14-9-5-6-10-14)13(15)12-7-3-2-4-8-12;;;;;;;;/h8*2-4,7-8,11,13H,5-6,9-10H2,1H3;;;;;;;;/q8*-1;8*+1/p+6/t8*11-,13-;;;;;;;;/m00000000......../s1. The van der Waals surface area contributed by atoms with E-state index in [1.165, 1.54) is 211 Å². The normalized spacial score (nSPS) is 20.1. The summed E-state index contributed by atoms with van der Waals surface area (Å²) in [7, 11) is 0. The molecule has 16 nitrogen and oxygen atoms in total. The Hall–Kier alpha value is -2.10. The zero-order valence-corrected chi connectivity index (χ0v) is 82.1. The van der Waals surface area contributed by atoms with Crippen LogP contribution >= 0.6 is 0 Å². The van der Waals surface area contributed by atoms with Gasteiger partial charge in [0.25, 0.3) is 0 Å². The maximum absolute atomic E-state index is 12.2. The van der Waals surface area contributed by atoms with Gasteiger partial charge in [-0.15, -0.1) is 0 Å². The molecular weight excluding hydrogens is 1540 g/mol. The minimum atomic E-state index is -0.607. The summed E-state index contributed by atoms with van der Waals surface area (Å²) in [6, 6.07) is 79.4. The van der Waals surface area contributed by atoms with Crippen LogP contribution in [-0.2, 0) is 0 Å². The van der Waals surface area contributed by atoms with E-state index in [1.54, 1.807) is 0 Å². The molecule has 0 aliphatic carbocycles. The molecule has 8 aliphatic rings. The molecule has 8 aromatic rings. The van der Waals surface area contributed by atoms with Crippen molar-refractivity contribution in [1.29, 1.82) is 0 Å². The van der Waals surface area contributed by atoms with Gasteiger partial charge in [0, 0.05) is 77.0 Å². The van der Waals surface area contributed by atoms with Gasteiger partial charge in [-0.2, -0.15) is 0 Å². The quantitative estimate of drug-likeness (QED) is 0.0315. The summed E-state index contributed by atoms with van der Waals surface area (Å²) in [6.45, 7) is 35.1. The Bertz CT molecular complexity index is 3150. The maximum atomic E-state index is 12.2. The van der Waals surface area contributed by atoms with E-state index in [2.05, 4.69) is 65.2 Å². The van der Waals surface area contributed by atoms with Crippen LogP contribution in [-0.4, -0.2) is 163 Å². The van der Waals surface area contributed by atoms with Crippen LogP contribution in [0.2, 0.25) is 0 Å². The third-order valence-corrected chi connectivity index (χ3v) is 27.4. The summed E-state index contributed by atoms with van der Waals surface area (Å²) in [4.78, 5) is 13.5. The summed E-state index contributed by atoms with van der Waals surface area (Å²) in [5.41, 5.74) is 7.44. The van der Waals surface area contributed by atoms with Gasteiger partial charge in [0.2, 0.25) is 0 Å². The van der Waals surface area contributed by atoms with Crippen molar-refractivity contribution in [2.24, 2.45) is 0 Å². The van der Waals surface area contributed by atoms with Crippen LogP contribution < -0.4 is 221 Å². The number of nitrogens with one attached hydrogen (secondary N) is 6. The van der Waals surface area contributed by atoms with E-state index < -0.39 is 48.8 Å². The first-order valence-corrected chi connectivity index (χ1v) is 46.5. The van der Waals surface area contributed by atoms with Crippen molar-refractivity contribution < 1.29 is 221 Å². The Labute approximate surface area is 869 Å². The molecule has 0 spiro atoms. The molecule has 656 valence electrons. The van der Waals surface area contributed by atoms with Gasteiger partial charge in [0.1, 0.15) is 0 Å². The van der Waals surface area contributed by atoms with E-state index in [4.69, 9.17) is 0 Å².